The molecule has 0 saturated carbocycles. The lowest BCUT2D eigenvalue weighted by atomic mass is 10.1. The summed E-state index contributed by atoms with van der Waals surface area (Å²) in [4.78, 5) is 29.9. The van der Waals surface area contributed by atoms with Crippen LogP contribution in [0.15, 0.2) is 64.5 Å². The summed E-state index contributed by atoms with van der Waals surface area (Å²) in [6, 6.07) is 15.1. The molecule has 0 spiro atoms. The maximum atomic E-state index is 13.0. The minimum Gasteiger partial charge on any atom is -0.325 e. The Kier molecular flexibility index (Phi) is 5.91. The van der Waals surface area contributed by atoms with Gasteiger partial charge in [0, 0.05) is 17.8 Å². The van der Waals surface area contributed by atoms with Crippen LogP contribution < -0.4 is 10.9 Å². The lowest BCUT2D eigenvalue weighted by molar-refractivity contribution is -0.113. The molecular formula is C21H17FN4O2S2. The Morgan fingerprint density at radius 1 is 1.17 bits per heavy atom. The molecule has 0 bridgehead atoms. The number of nitrogens with zero attached hydrogens (tertiary/aromatic N) is 3. The van der Waals surface area contributed by atoms with Crippen molar-refractivity contribution in [3.05, 3.63) is 70.8 Å². The minimum absolute atomic E-state index is 0.0631. The van der Waals surface area contributed by atoms with Gasteiger partial charge in [0.2, 0.25) is 5.91 Å². The molecule has 2 aromatic heterocycles. The number of anilines is 1. The van der Waals surface area contributed by atoms with Gasteiger partial charge in [-0.15, -0.1) is 0 Å². The van der Waals surface area contributed by atoms with E-state index in [0.717, 1.165) is 17.1 Å². The predicted octanol–water partition coefficient (Wildman–Crippen LogP) is 4.41. The first-order valence-corrected chi connectivity index (χ1v) is 11.0. The van der Waals surface area contributed by atoms with Crippen LogP contribution in [-0.2, 0) is 11.3 Å². The van der Waals surface area contributed by atoms with Crippen LogP contribution in [0.2, 0.25) is 0 Å². The third-order valence-electron chi connectivity index (χ3n) is 4.37. The second-order valence-corrected chi connectivity index (χ2v) is 8.08. The fourth-order valence-corrected chi connectivity index (χ4v) is 4.58. The Morgan fingerprint density at radius 2 is 1.90 bits per heavy atom. The number of benzene rings is 2. The molecule has 1 N–H and O–H groups in total. The van der Waals surface area contributed by atoms with E-state index in [1.54, 1.807) is 4.57 Å². The summed E-state index contributed by atoms with van der Waals surface area (Å²) >= 11 is 2.32. The van der Waals surface area contributed by atoms with Crippen molar-refractivity contribution in [1.29, 1.82) is 0 Å². The molecule has 0 aliphatic carbocycles. The number of rotatable bonds is 6. The number of hydrogen-bond acceptors (Lipinski definition) is 6. The van der Waals surface area contributed by atoms with E-state index in [1.165, 1.54) is 36.0 Å². The normalized spacial score (nSPS) is 11.0. The second kappa shape index (κ2) is 8.76. The van der Waals surface area contributed by atoms with Gasteiger partial charge < -0.3 is 5.32 Å². The van der Waals surface area contributed by atoms with Gasteiger partial charge in [0.15, 0.2) is 5.16 Å². The Bertz CT molecular complexity index is 1250. The molecule has 0 aliphatic heterocycles. The number of carbonyl (C=O) groups is 1. The summed E-state index contributed by atoms with van der Waals surface area (Å²) in [5.41, 5.74) is 2.43. The number of halogens is 1. The van der Waals surface area contributed by atoms with Crippen LogP contribution >= 0.6 is 23.3 Å². The molecule has 1 amide bonds. The van der Waals surface area contributed by atoms with E-state index in [9.17, 15) is 14.0 Å². The Morgan fingerprint density at radius 3 is 2.60 bits per heavy atom. The summed E-state index contributed by atoms with van der Waals surface area (Å²) in [7, 11) is 0. The molecular weight excluding hydrogens is 423 g/mol. The van der Waals surface area contributed by atoms with Gasteiger partial charge in [0.1, 0.15) is 21.7 Å². The summed E-state index contributed by atoms with van der Waals surface area (Å²) in [6.07, 6.45) is 0. The molecule has 0 unspecified atom stereocenters. The molecule has 4 aromatic rings. The van der Waals surface area contributed by atoms with Gasteiger partial charge in [0.05, 0.1) is 5.75 Å². The van der Waals surface area contributed by atoms with E-state index in [4.69, 9.17) is 0 Å². The van der Waals surface area contributed by atoms with Gasteiger partial charge in [-0.05, 0) is 42.7 Å². The molecule has 0 atom stereocenters. The summed E-state index contributed by atoms with van der Waals surface area (Å²) in [5.74, 6) is -0.575. The first-order chi connectivity index (χ1) is 14.6. The van der Waals surface area contributed by atoms with Crippen molar-refractivity contribution in [3.63, 3.8) is 0 Å². The second-order valence-electron chi connectivity index (χ2n) is 6.36. The number of nitrogens with one attached hydrogen (secondary N) is 1. The highest BCUT2D eigenvalue weighted by Gasteiger charge is 2.18. The highest BCUT2D eigenvalue weighted by atomic mass is 32.2. The Hall–Kier alpha value is -3.04. The average molecular weight is 441 g/mol. The van der Waals surface area contributed by atoms with Crippen LogP contribution in [0.5, 0.6) is 0 Å². The van der Waals surface area contributed by atoms with Crippen molar-refractivity contribution < 1.29 is 9.18 Å². The van der Waals surface area contributed by atoms with Crippen molar-refractivity contribution in [1.82, 2.24) is 13.9 Å². The van der Waals surface area contributed by atoms with Gasteiger partial charge in [-0.3, -0.25) is 14.2 Å². The number of aromatic nitrogens is 3. The van der Waals surface area contributed by atoms with Gasteiger partial charge in [-0.1, -0.05) is 42.1 Å². The first kappa shape index (κ1) is 20.2. The largest absolute Gasteiger partial charge is 0.325 e. The van der Waals surface area contributed by atoms with Crippen molar-refractivity contribution >= 4 is 45.1 Å². The number of fused-ring (bicyclic) bond motifs is 1. The average Bonchev–Trinajstić information content (AvgIpc) is 3.19. The third-order valence-corrected chi connectivity index (χ3v) is 6.17. The Labute approximate surface area is 179 Å². The molecule has 0 saturated heterocycles. The molecule has 4 rings (SSSR count). The minimum atomic E-state index is -0.370. The SMILES string of the molecule is CCn1c(SCC(=O)Nc2ccc(F)cc2)nc2c(-c3ccccc3)nsc2c1=O. The zero-order valence-corrected chi connectivity index (χ0v) is 17.6. The fourth-order valence-electron chi connectivity index (χ4n) is 2.93. The lowest BCUT2D eigenvalue weighted by Crippen LogP contribution is -2.22. The zero-order valence-electron chi connectivity index (χ0n) is 16.0. The molecule has 30 heavy (non-hydrogen) atoms. The summed E-state index contributed by atoms with van der Waals surface area (Å²) in [5, 5.41) is 3.17. The van der Waals surface area contributed by atoms with Crippen LogP contribution in [0.25, 0.3) is 21.5 Å². The van der Waals surface area contributed by atoms with E-state index in [0.29, 0.717) is 33.3 Å². The van der Waals surface area contributed by atoms with E-state index < -0.39 is 0 Å². The van der Waals surface area contributed by atoms with Gasteiger partial charge >= 0.3 is 0 Å². The maximum absolute atomic E-state index is 13.0. The van der Waals surface area contributed by atoms with Crippen molar-refractivity contribution in [3.8, 4) is 11.3 Å². The molecule has 152 valence electrons. The van der Waals surface area contributed by atoms with Crippen molar-refractivity contribution in [2.45, 2.75) is 18.6 Å². The van der Waals surface area contributed by atoms with Gasteiger partial charge in [0.25, 0.3) is 5.56 Å². The topological polar surface area (TPSA) is 76.9 Å². The predicted molar refractivity (Wildman–Crippen MR) is 119 cm³/mol. The molecule has 0 fully saturated rings. The van der Waals surface area contributed by atoms with E-state index in [2.05, 4.69) is 14.7 Å². The first-order valence-electron chi connectivity index (χ1n) is 9.20. The molecule has 6 nitrogen and oxygen atoms in total. The summed E-state index contributed by atoms with van der Waals surface area (Å²) < 4.78 is 19.5. The van der Waals surface area contributed by atoms with Gasteiger partial charge in [-0.25, -0.2) is 9.37 Å². The zero-order chi connectivity index (χ0) is 21.1. The van der Waals surface area contributed by atoms with Crippen LogP contribution in [0.4, 0.5) is 10.1 Å². The molecule has 2 aromatic carbocycles. The van der Waals surface area contributed by atoms with Gasteiger partial charge in [-0.2, -0.15) is 4.37 Å². The lowest BCUT2D eigenvalue weighted by Gasteiger charge is -2.10. The molecule has 9 heteroatoms. The monoisotopic (exact) mass is 440 g/mol. The fraction of sp³-hybridized carbons (Fsp3) is 0.143. The van der Waals surface area contributed by atoms with E-state index in [1.807, 2.05) is 37.3 Å². The third kappa shape index (κ3) is 4.12. The molecule has 2 heterocycles. The van der Waals surface area contributed by atoms with Crippen molar-refractivity contribution in [2.75, 3.05) is 11.1 Å². The maximum Gasteiger partial charge on any atom is 0.273 e. The van der Waals surface area contributed by atoms with Crippen molar-refractivity contribution in [2.24, 2.45) is 0 Å². The molecule has 0 aliphatic rings. The smallest absolute Gasteiger partial charge is 0.273 e. The Balaban J connectivity index is 1.62. The van der Waals surface area contributed by atoms with Crippen LogP contribution in [0.1, 0.15) is 6.92 Å². The van der Waals surface area contributed by atoms with E-state index >= 15 is 0 Å². The summed E-state index contributed by atoms with van der Waals surface area (Å²) in [6.45, 7) is 2.29. The number of carbonyl (C=O) groups excluding carboxylic acids is 1. The van der Waals surface area contributed by atoms with Crippen LogP contribution in [-0.4, -0.2) is 25.6 Å². The van der Waals surface area contributed by atoms with Crippen LogP contribution in [0, 0.1) is 5.82 Å². The number of amides is 1. The number of hydrogen-bond donors (Lipinski definition) is 1. The molecule has 0 radical (unpaired) electrons. The standard InChI is InChI=1S/C21H17FN4O2S2/c1-2-26-20(28)19-18(17(25-30-19)13-6-4-3-5-7-13)24-21(26)29-12-16(27)23-15-10-8-14(22)9-11-15/h3-11H,2,12H2,1H3,(H,23,27). The highest BCUT2D eigenvalue weighted by molar-refractivity contribution is 7.99. The highest BCUT2D eigenvalue weighted by Crippen LogP contribution is 2.29. The van der Waals surface area contributed by atoms with E-state index in [-0.39, 0.29) is 23.0 Å². The van der Waals surface area contributed by atoms with Crippen LogP contribution in [0.3, 0.4) is 0 Å². The quantitative estimate of drug-likeness (QED) is 0.355. The number of thioether (sulfide) groups is 1.